The quantitative estimate of drug-likeness (QED) is 0.742. The Morgan fingerprint density at radius 3 is 2.18 bits per heavy atom. The molecule has 0 aliphatic rings. The summed E-state index contributed by atoms with van der Waals surface area (Å²) in [4.78, 5) is 35.7. The van der Waals surface area contributed by atoms with Crippen molar-refractivity contribution in [1.29, 1.82) is 0 Å². The number of esters is 2. The predicted octanol–water partition coefficient (Wildman–Crippen LogP) is 3.06. The molecule has 0 unspecified atom stereocenters. The lowest BCUT2D eigenvalue weighted by Crippen LogP contribution is -2.25. The van der Waals surface area contributed by atoms with Crippen molar-refractivity contribution in [3.8, 4) is 5.75 Å². The van der Waals surface area contributed by atoms with E-state index in [0.29, 0.717) is 0 Å². The molecule has 0 aromatic heterocycles. The second kappa shape index (κ2) is 9.77. The minimum atomic E-state index is -0.652. The van der Waals surface area contributed by atoms with Gasteiger partial charge in [0.25, 0.3) is 0 Å². The number of rotatable bonds is 6. The molecule has 0 saturated carbocycles. The second-order valence-electron chi connectivity index (χ2n) is 5.45. The minimum Gasteiger partial charge on any atom is -0.497 e. The van der Waals surface area contributed by atoms with Gasteiger partial charge in [0.15, 0.2) is 0 Å². The van der Waals surface area contributed by atoms with E-state index in [0.717, 1.165) is 11.3 Å². The van der Waals surface area contributed by atoms with Crippen LogP contribution in [0.4, 0.5) is 10.5 Å². The lowest BCUT2D eigenvalue weighted by molar-refractivity contribution is 0.0587. The first-order valence-electron chi connectivity index (χ1n) is 8.17. The van der Waals surface area contributed by atoms with Crippen LogP contribution in [0.5, 0.6) is 5.75 Å². The van der Waals surface area contributed by atoms with E-state index in [4.69, 9.17) is 9.47 Å². The van der Waals surface area contributed by atoms with Crippen molar-refractivity contribution in [2.75, 3.05) is 26.6 Å². The summed E-state index contributed by atoms with van der Waals surface area (Å²) in [6, 6.07) is 10.8. The zero-order chi connectivity index (χ0) is 20.5. The van der Waals surface area contributed by atoms with E-state index in [1.54, 1.807) is 25.3 Å². The summed E-state index contributed by atoms with van der Waals surface area (Å²) < 4.78 is 14.4. The highest BCUT2D eigenvalue weighted by atomic mass is 16.5. The fourth-order valence-electron chi connectivity index (χ4n) is 2.27. The SMILES string of the molecule is COC(=O)c1ccc(C(=O)OC)c(NC(=O)N/C=C/c2ccc(OC)cc2)c1. The van der Waals surface area contributed by atoms with Crippen LogP contribution in [0.3, 0.4) is 0 Å². The molecular formula is C20H20N2O6. The van der Waals surface area contributed by atoms with Gasteiger partial charge in [-0.1, -0.05) is 12.1 Å². The average molecular weight is 384 g/mol. The Morgan fingerprint density at radius 1 is 0.893 bits per heavy atom. The largest absolute Gasteiger partial charge is 0.497 e. The van der Waals surface area contributed by atoms with Crippen LogP contribution < -0.4 is 15.4 Å². The number of carbonyl (C=O) groups excluding carboxylic acids is 3. The van der Waals surface area contributed by atoms with Gasteiger partial charge in [0, 0.05) is 6.20 Å². The first-order chi connectivity index (χ1) is 13.5. The molecule has 0 radical (unpaired) electrons. The summed E-state index contributed by atoms with van der Waals surface area (Å²) >= 11 is 0. The van der Waals surface area contributed by atoms with Gasteiger partial charge >= 0.3 is 18.0 Å². The molecule has 2 aromatic carbocycles. The van der Waals surface area contributed by atoms with Gasteiger partial charge in [-0.25, -0.2) is 14.4 Å². The van der Waals surface area contributed by atoms with Gasteiger partial charge in [0.2, 0.25) is 0 Å². The Labute approximate surface area is 162 Å². The van der Waals surface area contributed by atoms with Crippen LogP contribution in [0.15, 0.2) is 48.7 Å². The van der Waals surface area contributed by atoms with Crippen molar-refractivity contribution in [1.82, 2.24) is 5.32 Å². The number of carbonyl (C=O) groups is 3. The molecule has 0 fully saturated rings. The third kappa shape index (κ3) is 5.34. The molecule has 8 nitrogen and oxygen atoms in total. The Kier molecular flexibility index (Phi) is 7.15. The number of methoxy groups -OCH3 is 3. The van der Waals surface area contributed by atoms with Gasteiger partial charge in [-0.15, -0.1) is 0 Å². The van der Waals surface area contributed by atoms with Crippen LogP contribution in [0.1, 0.15) is 26.3 Å². The number of nitrogens with one attached hydrogen (secondary N) is 2. The summed E-state index contributed by atoms with van der Waals surface area (Å²) in [5, 5.41) is 5.04. The number of hydrogen-bond acceptors (Lipinski definition) is 6. The van der Waals surface area contributed by atoms with Crippen LogP contribution in [-0.4, -0.2) is 39.3 Å². The highest BCUT2D eigenvalue weighted by molar-refractivity contribution is 6.03. The van der Waals surface area contributed by atoms with Crippen LogP contribution in [0, 0.1) is 0 Å². The smallest absolute Gasteiger partial charge is 0.339 e. The molecule has 0 aliphatic carbocycles. The molecule has 28 heavy (non-hydrogen) atoms. The summed E-state index contributed by atoms with van der Waals surface area (Å²) in [7, 11) is 4.03. The fraction of sp³-hybridized carbons (Fsp3) is 0.150. The number of anilines is 1. The van der Waals surface area contributed by atoms with Crippen molar-refractivity contribution in [3.05, 3.63) is 65.4 Å². The Hall–Kier alpha value is -3.81. The molecule has 2 aromatic rings. The predicted molar refractivity (Wildman–Crippen MR) is 103 cm³/mol. The molecule has 0 atom stereocenters. The van der Waals surface area contributed by atoms with Crippen molar-refractivity contribution >= 4 is 29.7 Å². The molecule has 8 heteroatoms. The molecule has 0 spiro atoms. The minimum absolute atomic E-state index is 0.101. The van der Waals surface area contributed by atoms with E-state index >= 15 is 0 Å². The van der Waals surface area contributed by atoms with Gasteiger partial charge in [-0.3, -0.25) is 0 Å². The lowest BCUT2D eigenvalue weighted by Gasteiger charge is -2.11. The summed E-state index contributed by atoms with van der Waals surface area (Å²) in [5.41, 5.74) is 1.25. The van der Waals surface area contributed by atoms with Crippen molar-refractivity contribution < 1.29 is 28.6 Å². The topological polar surface area (TPSA) is 103 Å². The third-order valence-corrected chi connectivity index (χ3v) is 3.70. The zero-order valence-corrected chi connectivity index (χ0v) is 15.6. The standard InChI is InChI=1S/C20H20N2O6/c1-26-15-7-4-13(5-8-15)10-11-21-20(25)22-17-12-14(18(23)27-2)6-9-16(17)19(24)28-3/h4-12H,1-3H3,(H2,21,22,25)/b11-10+. The van der Waals surface area contributed by atoms with Gasteiger partial charge in [-0.2, -0.15) is 0 Å². The van der Waals surface area contributed by atoms with E-state index in [9.17, 15) is 14.4 Å². The zero-order valence-electron chi connectivity index (χ0n) is 15.6. The van der Waals surface area contributed by atoms with E-state index in [1.807, 2.05) is 12.1 Å². The van der Waals surface area contributed by atoms with E-state index in [-0.39, 0.29) is 16.8 Å². The number of hydrogen-bond donors (Lipinski definition) is 2. The average Bonchev–Trinajstić information content (AvgIpc) is 2.73. The molecule has 0 saturated heterocycles. The monoisotopic (exact) mass is 384 g/mol. The summed E-state index contributed by atoms with van der Waals surface area (Å²) in [5.74, 6) is -0.525. The van der Waals surface area contributed by atoms with E-state index in [1.165, 1.54) is 38.6 Å². The van der Waals surface area contributed by atoms with E-state index in [2.05, 4.69) is 15.4 Å². The molecule has 2 amide bonds. The molecule has 146 valence electrons. The van der Waals surface area contributed by atoms with Crippen LogP contribution in [0.25, 0.3) is 6.08 Å². The lowest BCUT2D eigenvalue weighted by atomic mass is 10.1. The molecule has 2 N–H and O–H groups in total. The maximum Gasteiger partial charge on any atom is 0.339 e. The Morgan fingerprint density at radius 2 is 1.57 bits per heavy atom. The maximum absolute atomic E-state index is 12.2. The first kappa shape index (κ1) is 20.5. The first-order valence-corrected chi connectivity index (χ1v) is 8.17. The maximum atomic E-state index is 12.2. The number of amides is 2. The third-order valence-electron chi connectivity index (χ3n) is 3.70. The second-order valence-corrected chi connectivity index (χ2v) is 5.45. The normalized spacial score (nSPS) is 10.2. The van der Waals surface area contributed by atoms with Crippen LogP contribution in [-0.2, 0) is 9.47 Å². The summed E-state index contributed by atoms with van der Waals surface area (Å²) in [6.45, 7) is 0. The number of urea groups is 1. The molecule has 0 bridgehead atoms. The van der Waals surface area contributed by atoms with Gasteiger partial charge in [0.05, 0.1) is 38.1 Å². The van der Waals surface area contributed by atoms with Crippen molar-refractivity contribution in [3.63, 3.8) is 0 Å². The van der Waals surface area contributed by atoms with E-state index < -0.39 is 18.0 Å². The van der Waals surface area contributed by atoms with Crippen LogP contribution in [0.2, 0.25) is 0 Å². The van der Waals surface area contributed by atoms with Crippen molar-refractivity contribution in [2.45, 2.75) is 0 Å². The summed E-state index contributed by atoms with van der Waals surface area (Å²) in [6.07, 6.45) is 3.13. The Bertz CT molecular complexity index is 890. The number of benzene rings is 2. The van der Waals surface area contributed by atoms with Gasteiger partial charge in [-0.05, 0) is 42.0 Å². The van der Waals surface area contributed by atoms with Crippen LogP contribution >= 0.6 is 0 Å². The van der Waals surface area contributed by atoms with Crippen molar-refractivity contribution in [2.24, 2.45) is 0 Å². The van der Waals surface area contributed by atoms with Gasteiger partial charge in [0.1, 0.15) is 5.75 Å². The Balaban J connectivity index is 2.11. The fourth-order valence-corrected chi connectivity index (χ4v) is 2.27. The molecule has 2 rings (SSSR count). The highest BCUT2D eigenvalue weighted by Crippen LogP contribution is 2.20. The highest BCUT2D eigenvalue weighted by Gasteiger charge is 2.17. The molecular weight excluding hydrogens is 364 g/mol. The number of ether oxygens (including phenoxy) is 3. The molecule has 0 heterocycles. The molecule has 0 aliphatic heterocycles. The van der Waals surface area contributed by atoms with Gasteiger partial charge < -0.3 is 24.8 Å².